The fourth-order valence-electron chi connectivity index (χ4n) is 5.14. The number of carbonyl (C=O) groups excluding carboxylic acids is 1. The number of amides is 1. The van der Waals surface area contributed by atoms with Gasteiger partial charge in [0.15, 0.2) is 5.69 Å². The zero-order valence-corrected chi connectivity index (χ0v) is 20.0. The molecule has 4 N–H and O–H groups in total. The summed E-state index contributed by atoms with van der Waals surface area (Å²) in [6.07, 6.45) is 5.00. The Balaban J connectivity index is 0.00000289. The number of fused-ring (bicyclic) bond motifs is 1. The van der Waals surface area contributed by atoms with Crippen LogP contribution in [0.3, 0.4) is 0 Å². The van der Waals surface area contributed by atoms with Crippen molar-refractivity contribution in [3.63, 3.8) is 0 Å². The van der Waals surface area contributed by atoms with Crippen molar-refractivity contribution in [3.8, 4) is 0 Å². The average molecular weight is 487 g/mol. The van der Waals surface area contributed by atoms with E-state index in [1.807, 2.05) is 31.1 Å². The molecule has 0 radical (unpaired) electrons. The number of hydrogen-bond acceptors (Lipinski definition) is 6. The number of aliphatic hydroxyl groups excluding tert-OH is 2. The number of nitrogens with one attached hydrogen (secondary N) is 1. The first-order valence-corrected chi connectivity index (χ1v) is 11.6. The largest absolute Gasteiger partial charge is 1.00 e. The number of carboxylic acids is 1. The average Bonchev–Trinajstić information content (AvgIpc) is 3.36. The minimum absolute atomic E-state index is 0. The quantitative estimate of drug-likeness (QED) is 0.226. The Labute approximate surface area is 197 Å². The van der Waals surface area contributed by atoms with E-state index >= 15 is 0 Å². The van der Waals surface area contributed by atoms with Crippen LogP contribution in [0.1, 0.15) is 32.4 Å². The van der Waals surface area contributed by atoms with Gasteiger partial charge in [-0.25, -0.2) is 13.9 Å². The van der Waals surface area contributed by atoms with Gasteiger partial charge in [0.1, 0.15) is 18.5 Å². The molecule has 2 fully saturated rings. The molecule has 0 aromatic carbocycles. The molecule has 178 valence electrons. The second-order valence-electron chi connectivity index (χ2n) is 8.88. The summed E-state index contributed by atoms with van der Waals surface area (Å²) in [5.74, 6) is -1.98. The van der Waals surface area contributed by atoms with Gasteiger partial charge < -0.3 is 37.9 Å². The Hall–Kier alpha value is -1.59. The third kappa shape index (κ3) is 4.31. The Morgan fingerprint density at radius 1 is 1.44 bits per heavy atom. The van der Waals surface area contributed by atoms with Crippen molar-refractivity contribution in [2.45, 2.75) is 63.3 Å². The molecule has 1 amide bonds. The predicted molar refractivity (Wildman–Crippen MR) is 114 cm³/mol. The number of β-lactam (4-membered cyclic amide) rings is 1. The first-order chi connectivity index (χ1) is 14.7. The number of imidazole rings is 1. The molecule has 2 saturated heterocycles. The maximum absolute atomic E-state index is 12.5. The summed E-state index contributed by atoms with van der Waals surface area (Å²) in [6, 6.07) is 0.0682. The number of rotatable bonds is 8. The number of aromatic nitrogens is 2. The maximum atomic E-state index is 12.5. The molecular weight excluding hydrogens is 456 g/mol. The molecule has 11 heteroatoms. The normalized spacial score (nSPS) is 30.2. The summed E-state index contributed by atoms with van der Waals surface area (Å²) in [6.45, 7) is 5.20. The monoisotopic (exact) mass is 486 g/mol. The lowest BCUT2D eigenvalue weighted by Crippen LogP contribution is -3.00. The fraction of sp³-hybridized carbons (Fsp3) is 0.667. The summed E-state index contributed by atoms with van der Waals surface area (Å²) in [4.78, 5) is 26.6. The van der Waals surface area contributed by atoms with Gasteiger partial charge in [-0.1, -0.05) is 6.92 Å². The van der Waals surface area contributed by atoms with Gasteiger partial charge in [-0.15, -0.1) is 11.8 Å². The third-order valence-electron chi connectivity index (χ3n) is 6.77. The van der Waals surface area contributed by atoms with Crippen molar-refractivity contribution in [1.82, 2.24) is 14.8 Å². The van der Waals surface area contributed by atoms with Gasteiger partial charge in [0, 0.05) is 35.1 Å². The van der Waals surface area contributed by atoms with Crippen molar-refractivity contribution in [3.05, 3.63) is 28.8 Å². The smallest absolute Gasteiger partial charge is 0.353 e. The predicted octanol–water partition coefficient (Wildman–Crippen LogP) is -3.18. The fourth-order valence-corrected chi connectivity index (χ4v) is 6.66. The van der Waals surface area contributed by atoms with Crippen LogP contribution in [-0.2, 0) is 29.8 Å². The van der Waals surface area contributed by atoms with Crippen LogP contribution in [0.4, 0.5) is 0 Å². The number of halogens is 1. The lowest BCUT2D eigenvalue weighted by atomic mass is 9.79. The molecule has 0 aliphatic carbocycles. The van der Waals surface area contributed by atoms with Gasteiger partial charge in [-0.3, -0.25) is 4.79 Å². The first-order valence-electron chi connectivity index (χ1n) is 10.8. The molecule has 4 rings (SSSR count). The van der Waals surface area contributed by atoms with Crippen molar-refractivity contribution in [1.29, 1.82) is 0 Å². The highest BCUT2D eigenvalue weighted by atomic mass is 35.5. The van der Waals surface area contributed by atoms with Crippen LogP contribution in [0.25, 0.3) is 0 Å². The molecule has 4 heterocycles. The van der Waals surface area contributed by atoms with Crippen LogP contribution in [0.2, 0.25) is 0 Å². The lowest BCUT2D eigenvalue weighted by molar-refractivity contribution is -0.697. The van der Waals surface area contributed by atoms with E-state index in [-0.39, 0.29) is 47.8 Å². The Bertz CT molecular complexity index is 920. The number of thioether (sulfide) groups is 1. The van der Waals surface area contributed by atoms with Crippen LogP contribution >= 0.6 is 11.8 Å². The van der Waals surface area contributed by atoms with E-state index < -0.39 is 18.0 Å². The van der Waals surface area contributed by atoms with Crippen LogP contribution in [-0.4, -0.2) is 66.6 Å². The number of carbonyl (C=O) groups is 2. The van der Waals surface area contributed by atoms with Crippen molar-refractivity contribution in [2.24, 2.45) is 18.9 Å². The molecular formula is C21H31ClN4O5S. The van der Waals surface area contributed by atoms with Gasteiger partial charge >= 0.3 is 5.97 Å². The number of carboxylic acid groups (broad SMARTS) is 1. The molecule has 3 aliphatic heterocycles. The minimum Gasteiger partial charge on any atom is -1.00 e. The summed E-state index contributed by atoms with van der Waals surface area (Å²) >= 11 is 1.58. The van der Waals surface area contributed by atoms with E-state index in [1.54, 1.807) is 18.7 Å². The number of aliphatic hydroxyl groups is 2. The number of aryl methyl sites for hydroxylation is 2. The minimum atomic E-state index is -1.07. The lowest BCUT2D eigenvalue weighted by Gasteiger charge is -2.46. The zero-order chi connectivity index (χ0) is 22.4. The molecule has 6 atom stereocenters. The summed E-state index contributed by atoms with van der Waals surface area (Å²) < 4.78 is 3.98. The van der Waals surface area contributed by atoms with E-state index in [0.29, 0.717) is 6.04 Å². The van der Waals surface area contributed by atoms with Crippen molar-refractivity contribution >= 4 is 23.6 Å². The van der Waals surface area contributed by atoms with E-state index in [2.05, 4.69) is 9.88 Å². The van der Waals surface area contributed by atoms with Crippen LogP contribution in [0.5, 0.6) is 0 Å². The van der Waals surface area contributed by atoms with Gasteiger partial charge in [-0.2, -0.15) is 0 Å². The van der Waals surface area contributed by atoms with E-state index in [1.165, 1.54) is 4.90 Å². The molecule has 0 bridgehead atoms. The molecule has 1 aromatic heterocycles. The van der Waals surface area contributed by atoms with Crippen LogP contribution in [0, 0.1) is 11.8 Å². The van der Waals surface area contributed by atoms with Gasteiger partial charge in [-0.05, 0) is 13.3 Å². The molecule has 32 heavy (non-hydrogen) atoms. The van der Waals surface area contributed by atoms with Gasteiger partial charge in [0.2, 0.25) is 12.2 Å². The number of hydrogen-bond donors (Lipinski definition) is 4. The Morgan fingerprint density at radius 3 is 2.75 bits per heavy atom. The van der Waals surface area contributed by atoms with E-state index in [4.69, 9.17) is 0 Å². The SMILES string of the molecule is C[C@@H](O)[C@H]1C(=O)N2C(C(=O)O)=C(S[C@@H]3CN[C@H](CC[n+]4cc(CO)n(C)c4)C3)[C@H](C)[C@H]12.[Cl-]. The molecule has 9 nitrogen and oxygen atoms in total. The number of aliphatic carboxylic acids is 1. The summed E-state index contributed by atoms with van der Waals surface area (Å²) in [5.41, 5.74) is 0.968. The molecule has 0 unspecified atom stereocenters. The molecule has 1 aromatic rings. The Morgan fingerprint density at radius 2 is 2.16 bits per heavy atom. The van der Waals surface area contributed by atoms with Gasteiger partial charge in [0.25, 0.3) is 0 Å². The molecule has 0 spiro atoms. The maximum Gasteiger partial charge on any atom is 0.353 e. The summed E-state index contributed by atoms with van der Waals surface area (Å²) in [7, 11) is 1.91. The summed E-state index contributed by atoms with van der Waals surface area (Å²) in [5, 5.41) is 32.9. The number of nitrogens with zero attached hydrogens (tertiary/aromatic N) is 3. The van der Waals surface area contributed by atoms with Crippen molar-refractivity contribution < 1.29 is 41.9 Å². The second kappa shape index (κ2) is 9.72. The van der Waals surface area contributed by atoms with E-state index in [9.17, 15) is 24.9 Å². The third-order valence-corrected chi connectivity index (χ3v) is 8.29. The second-order valence-corrected chi connectivity index (χ2v) is 10.2. The van der Waals surface area contributed by atoms with Crippen LogP contribution in [0.15, 0.2) is 23.1 Å². The molecule has 3 aliphatic rings. The first kappa shape index (κ1) is 25.0. The molecule has 0 saturated carbocycles. The highest BCUT2D eigenvalue weighted by Crippen LogP contribution is 2.51. The van der Waals surface area contributed by atoms with Gasteiger partial charge in [0.05, 0.1) is 31.7 Å². The highest BCUT2D eigenvalue weighted by molar-refractivity contribution is 8.03. The van der Waals surface area contributed by atoms with Crippen LogP contribution < -0.4 is 22.3 Å². The Kier molecular flexibility index (Phi) is 7.61. The zero-order valence-electron chi connectivity index (χ0n) is 18.4. The van der Waals surface area contributed by atoms with E-state index in [0.717, 1.165) is 36.5 Å². The highest BCUT2D eigenvalue weighted by Gasteiger charge is 2.60. The topological polar surface area (TPSA) is 119 Å². The van der Waals surface area contributed by atoms with Crippen molar-refractivity contribution in [2.75, 3.05) is 6.54 Å². The standard InChI is InChI=1S/C21H30N4O5S.ClH/c1-11-17-16(12(2)27)20(28)25(17)18(21(29)30)19(11)31-15-6-13(22-7-15)4-5-24-8-14(9-26)23(3)10-24;/h8,10-13,15-17,22,26-27H,4-7,9H2,1-3H3;1H/t11-,12-,13-,15+,16-,17-;/m1./s1.